The average Bonchev–Trinajstić information content (AvgIpc) is 2.76. The average molecular weight is 303 g/mol. The van der Waals surface area contributed by atoms with Gasteiger partial charge in [-0.05, 0) is 92.8 Å². The van der Waals surface area contributed by atoms with Crippen molar-refractivity contribution < 1.29 is 5.11 Å². The molecule has 0 radical (unpaired) electrons. The Hall–Kier alpha value is -0.300. The van der Waals surface area contributed by atoms with E-state index in [1.807, 2.05) is 6.92 Å². The Morgan fingerprint density at radius 1 is 0.955 bits per heavy atom. The minimum Gasteiger partial charge on any atom is -0.386 e. The van der Waals surface area contributed by atoms with Crippen LogP contribution in [-0.2, 0) is 0 Å². The number of fused-ring (bicyclic) bond motifs is 5. The van der Waals surface area contributed by atoms with E-state index < -0.39 is 5.60 Å². The van der Waals surface area contributed by atoms with Crippen molar-refractivity contribution in [2.45, 2.75) is 84.7 Å². The predicted octanol–water partition coefficient (Wildman–Crippen LogP) is 5.34. The fourth-order valence-corrected chi connectivity index (χ4v) is 7.13. The first-order valence-corrected chi connectivity index (χ1v) is 9.71. The molecule has 0 saturated heterocycles. The van der Waals surface area contributed by atoms with Crippen molar-refractivity contribution in [1.29, 1.82) is 0 Å². The molecule has 0 spiro atoms. The lowest BCUT2D eigenvalue weighted by atomic mass is 9.46. The molecule has 7 atom stereocenters. The van der Waals surface area contributed by atoms with Gasteiger partial charge in [0.15, 0.2) is 0 Å². The lowest BCUT2D eigenvalue weighted by Gasteiger charge is -2.59. The summed E-state index contributed by atoms with van der Waals surface area (Å²) in [5.74, 6) is 3.73. The molecular weight excluding hydrogens is 268 g/mol. The molecule has 4 unspecified atom stereocenters. The summed E-state index contributed by atoms with van der Waals surface area (Å²) >= 11 is 0. The van der Waals surface area contributed by atoms with Crippen LogP contribution in [0.15, 0.2) is 11.6 Å². The number of allylic oxidation sites excluding steroid dienone is 1. The van der Waals surface area contributed by atoms with Gasteiger partial charge in [-0.25, -0.2) is 0 Å². The summed E-state index contributed by atoms with van der Waals surface area (Å²) in [7, 11) is 0. The van der Waals surface area contributed by atoms with E-state index in [0.717, 1.165) is 30.1 Å². The van der Waals surface area contributed by atoms with Gasteiger partial charge in [0, 0.05) is 0 Å². The monoisotopic (exact) mass is 302 g/mol. The van der Waals surface area contributed by atoms with Crippen LogP contribution in [0.1, 0.15) is 79.1 Å². The largest absolute Gasteiger partial charge is 0.386 e. The smallest absolute Gasteiger partial charge is 0.0802 e. The lowest BCUT2D eigenvalue weighted by molar-refractivity contribution is -0.0591. The molecule has 0 aromatic rings. The van der Waals surface area contributed by atoms with Crippen molar-refractivity contribution in [3.63, 3.8) is 0 Å². The summed E-state index contributed by atoms with van der Waals surface area (Å²) < 4.78 is 0. The van der Waals surface area contributed by atoms with Gasteiger partial charge in [-0.1, -0.05) is 32.4 Å². The van der Waals surface area contributed by atoms with Gasteiger partial charge in [0.25, 0.3) is 0 Å². The molecule has 22 heavy (non-hydrogen) atoms. The number of aliphatic hydroxyl groups is 1. The molecule has 0 aliphatic heterocycles. The molecule has 3 fully saturated rings. The lowest BCUT2D eigenvalue weighted by Crippen LogP contribution is -2.51. The van der Waals surface area contributed by atoms with Gasteiger partial charge in [-0.3, -0.25) is 0 Å². The third kappa shape index (κ3) is 1.93. The van der Waals surface area contributed by atoms with Crippen LogP contribution < -0.4 is 0 Å². The summed E-state index contributed by atoms with van der Waals surface area (Å²) in [4.78, 5) is 0. The van der Waals surface area contributed by atoms with Gasteiger partial charge in [0.05, 0.1) is 5.60 Å². The van der Waals surface area contributed by atoms with Crippen LogP contribution in [0.5, 0.6) is 0 Å². The van der Waals surface area contributed by atoms with Crippen molar-refractivity contribution in [2.24, 2.45) is 34.5 Å². The van der Waals surface area contributed by atoms with Gasteiger partial charge < -0.3 is 5.11 Å². The molecule has 1 nitrogen and oxygen atoms in total. The van der Waals surface area contributed by atoms with E-state index in [9.17, 15) is 5.11 Å². The van der Waals surface area contributed by atoms with Crippen LogP contribution in [-0.4, -0.2) is 10.7 Å². The fraction of sp³-hybridized carbons (Fsp3) is 0.905. The minimum atomic E-state index is -0.549. The van der Waals surface area contributed by atoms with Crippen LogP contribution in [0.3, 0.4) is 0 Å². The van der Waals surface area contributed by atoms with E-state index >= 15 is 0 Å². The normalized spacial score (nSPS) is 57.6. The molecule has 0 bridgehead atoms. The first-order chi connectivity index (χ1) is 10.3. The molecule has 3 saturated carbocycles. The molecule has 4 aliphatic rings. The Kier molecular flexibility index (Phi) is 3.20. The first kappa shape index (κ1) is 15.2. The molecule has 4 aliphatic carbocycles. The van der Waals surface area contributed by atoms with Gasteiger partial charge in [0.2, 0.25) is 0 Å². The van der Waals surface area contributed by atoms with Crippen molar-refractivity contribution in [3.05, 3.63) is 11.6 Å². The van der Waals surface area contributed by atoms with E-state index in [-0.39, 0.29) is 0 Å². The Bertz CT molecular complexity index is 504. The van der Waals surface area contributed by atoms with Crippen molar-refractivity contribution in [1.82, 2.24) is 0 Å². The standard InChI is InChI=1S/C21H34O/c1-14-5-8-17-16-7-6-15-13-19(2,22)11-12-21(15,4)18(16)9-10-20(14,17)3/h13-14,16-18,22H,5-12H2,1-4H3/t14-,16?,17?,18?,19?,20+,21-/m0/s1. The van der Waals surface area contributed by atoms with Gasteiger partial charge >= 0.3 is 0 Å². The molecule has 0 aromatic heterocycles. The highest BCUT2D eigenvalue weighted by Gasteiger charge is 2.58. The van der Waals surface area contributed by atoms with Gasteiger partial charge in [-0.2, -0.15) is 0 Å². The van der Waals surface area contributed by atoms with Crippen LogP contribution in [0.25, 0.3) is 0 Å². The summed E-state index contributed by atoms with van der Waals surface area (Å²) in [6.07, 6.45) is 12.8. The van der Waals surface area contributed by atoms with Crippen LogP contribution in [0, 0.1) is 34.5 Å². The maximum Gasteiger partial charge on any atom is 0.0802 e. The van der Waals surface area contributed by atoms with Crippen LogP contribution in [0.2, 0.25) is 0 Å². The number of hydrogen-bond acceptors (Lipinski definition) is 1. The highest BCUT2D eigenvalue weighted by atomic mass is 16.3. The molecule has 0 heterocycles. The molecule has 124 valence electrons. The second-order valence-electron chi connectivity index (χ2n) is 9.88. The predicted molar refractivity (Wildman–Crippen MR) is 91.5 cm³/mol. The van der Waals surface area contributed by atoms with Crippen LogP contribution >= 0.6 is 0 Å². The van der Waals surface area contributed by atoms with E-state index in [0.29, 0.717) is 10.8 Å². The highest BCUT2D eigenvalue weighted by molar-refractivity contribution is 5.27. The Labute approximate surface area is 136 Å². The van der Waals surface area contributed by atoms with Gasteiger partial charge in [0.1, 0.15) is 0 Å². The quantitative estimate of drug-likeness (QED) is 0.599. The third-order valence-electron chi connectivity index (χ3n) is 8.85. The topological polar surface area (TPSA) is 20.2 Å². The van der Waals surface area contributed by atoms with E-state index in [2.05, 4.69) is 26.8 Å². The van der Waals surface area contributed by atoms with Crippen molar-refractivity contribution >= 4 is 0 Å². The molecule has 4 rings (SSSR count). The van der Waals surface area contributed by atoms with Gasteiger partial charge in [-0.15, -0.1) is 0 Å². The molecule has 1 N–H and O–H groups in total. The first-order valence-electron chi connectivity index (χ1n) is 9.71. The summed E-state index contributed by atoms with van der Waals surface area (Å²) in [5.41, 5.74) is 2.06. The molecule has 0 aromatic carbocycles. The van der Waals surface area contributed by atoms with Crippen LogP contribution in [0.4, 0.5) is 0 Å². The fourth-order valence-electron chi connectivity index (χ4n) is 7.13. The highest BCUT2D eigenvalue weighted by Crippen LogP contribution is 2.66. The zero-order chi connectivity index (χ0) is 15.8. The number of rotatable bonds is 0. The SMILES string of the molecule is C[C@H]1CCC2C3CCC4=CC(C)(O)CC[C@]4(C)C3CC[C@@]21C. The zero-order valence-corrected chi connectivity index (χ0v) is 15.0. The summed E-state index contributed by atoms with van der Waals surface area (Å²) in [6.45, 7) is 9.65. The second kappa shape index (κ2) is 4.62. The van der Waals surface area contributed by atoms with E-state index in [4.69, 9.17) is 0 Å². The Morgan fingerprint density at radius 2 is 1.73 bits per heavy atom. The summed E-state index contributed by atoms with van der Waals surface area (Å²) in [6, 6.07) is 0. The number of hydrogen-bond donors (Lipinski definition) is 1. The van der Waals surface area contributed by atoms with E-state index in [1.54, 1.807) is 5.57 Å². The molecule has 0 amide bonds. The summed E-state index contributed by atoms with van der Waals surface area (Å²) in [5, 5.41) is 10.5. The molecular formula is C21H34O. The second-order valence-corrected chi connectivity index (χ2v) is 9.88. The third-order valence-corrected chi connectivity index (χ3v) is 8.85. The van der Waals surface area contributed by atoms with Crippen molar-refractivity contribution in [3.8, 4) is 0 Å². The van der Waals surface area contributed by atoms with Crippen molar-refractivity contribution in [2.75, 3.05) is 0 Å². The maximum absolute atomic E-state index is 10.5. The molecule has 1 heteroatoms. The maximum atomic E-state index is 10.5. The Morgan fingerprint density at radius 3 is 2.50 bits per heavy atom. The zero-order valence-electron chi connectivity index (χ0n) is 15.0. The minimum absolute atomic E-state index is 0.387. The van der Waals surface area contributed by atoms with E-state index in [1.165, 1.54) is 44.9 Å². The Balaban J connectivity index is 1.68.